The minimum atomic E-state index is -0.173. The first-order valence-corrected chi connectivity index (χ1v) is 7.98. The van der Waals surface area contributed by atoms with Crippen molar-refractivity contribution in [3.05, 3.63) is 29.3 Å². The van der Waals surface area contributed by atoms with Crippen LogP contribution in [0.5, 0.6) is 0 Å². The Morgan fingerprint density at radius 3 is 2.43 bits per heavy atom. The van der Waals surface area contributed by atoms with Crippen LogP contribution in [0.25, 0.3) is 0 Å². The molecule has 1 aromatic rings. The van der Waals surface area contributed by atoms with E-state index in [1.807, 2.05) is 6.92 Å². The van der Waals surface area contributed by atoms with Gasteiger partial charge in [0, 0.05) is 16.8 Å². The number of nitrogens with one attached hydrogen (secondary N) is 2. The average Bonchev–Trinajstić information content (AvgIpc) is 2.46. The lowest BCUT2D eigenvalue weighted by molar-refractivity contribution is 0.247. The molecule has 0 unspecified atom stereocenters. The van der Waals surface area contributed by atoms with E-state index in [1.54, 1.807) is 24.3 Å². The third kappa shape index (κ3) is 7.34. The van der Waals surface area contributed by atoms with E-state index in [-0.39, 0.29) is 12.1 Å². The fourth-order valence-electron chi connectivity index (χ4n) is 2.16. The molecule has 118 valence electrons. The van der Waals surface area contributed by atoms with Crippen LogP contribution >= 0.6 is 11.6 Å². The lowest BCUT2D eigenvalue weighted by Gasteiger charge is -2.20. The van der Waals surface area contributed by atoms with Gasteiger partial charge in [-0.1, -0.05) is 25.4 Å². The average molecular weight is 312 g/mol. The highest BCUT2D eigenvalue weighted by Gasteiger charge is 2.08. The van der Waals surface area contributed by atoms with Gasteiger partial charge < -0.3 is 15.5 Å². The maximum Gasteiger partial charge on any atom is 0.319 e. The van der Waals surface area contributed by atoms with Crippen LogP contribution in [-0.4, -0.2) is 36.6 Å². The first-order valence-electron chi connectivity index (χ1n) is 7.60. The summed E-state index contributed by atoms with van der Waals surface area (Å²) in [6.45, 7) is 9.61. The molecule has 0 saturated heterocycles. The van der Waals surface area contributed by atoms with E-state index >= 15 is 0 Å². The van der Waals surface area contributed by atoms with Gasteiger partial charge in [-0.15, -0.1) is 0 Å². The Balaban J connectivity index is 2.25. The Morgan fingerprint density at radius 2 is 1.86 bits per heavy atom. The summed E-state index contributed by atoms with van der Waals surface area (Å²) < 4.78 is 0. The standard InChI is InChI=1S/C16H26ClN3O/c1-4-20(5-2)12-6-7-13(3)18-16(21)19-15-10-8-14(17)9-11-15/h8-11,13H,4-7,12H2,1-3H3,(H2,18,19,21)/t13-/m0/s1. The summed E-state index contributed by atoms with van der Waals surface area (Å²) in [6, 6.07) is 7.07. The van der Waals surface area contributed by atoms with Gasteiger partial charge in [0.1, 0.15) is 0 Å². The summed E-state index contributed by atoms with van der Waals surface area (Å²) in [4.78, 5) is 14.2. The van der Waals surface area contributed by atoms with Crippen LogP contribution < -0.4 is 10.6 Å². The molecule has 0 heterocycles. The van der Waals surface area contributed by atoms with E-state index in [4.69, 9.17) is 11.6 Å². The molecule has 0 spiro atoms. The fraction of sp³-hybridized carbons (Fsp3) is 0.562. The van der Waals surface area contributed by atoms with Gasteiger partial charge in [0.15, 0.2) is 0 Å². The van der Waals surface area contributed by atoms with E-state index < -0.39 is 0 Å². The summed E-state index contributed by atoms with van der Waals surface area (Å²) in [6.07, 6.45) is 2.06. The molecule has 4 nitrogen and oxygen atoms in total. The smallest absolute Gasteiger partial charge is 0.319 e. The summed E-state index contributed by atoms with van der Waals surface area (Å²) in [5.74, 6) is 0. The molecule has 0 aliphatic heterocycles. The maximum atomic E-state index is 11.9. The van der Waals surface area contributed by atoms with Gasteiger partial charge in [0.25, 0.3) is 0 Å². The highest BCUT2D eigenvalue weighted by molar-refractivity contribution is 6.30. The summed E-state index contributed by atoms with van der Waals surface area (Å²) in [5.41, 5.74) is 0.743. The molecule has 0 aliphatic rings. The van der Waals surface area contributed by atoms with Crippen molar-refractivity contribution in [3.63, 3.8) is 0 Å². The Morgan fingerprint density at radius 1 is 1.24 bits per heavy atom. The Hall–Kier alpha value is -1.26. The van der Waals surface area contributed by atoms with Gasteiger partial charge >= 0.3 is 6.03 Å². The molecular formula is C16H26ClN3O. The third-order valence-electron chi connectivity index (χ3n) is 3.49. The molecular weight excluding hydrogens is 286 g/mol. The molecule has 0 bridgehead atoms. The number of amides is 2. The number of hydrogen-bond acceptors (Lipinski definition) is 2. The van der Waals surface area contributed by atoms with E-state index in [2.05, 4.69) is 29.4 Å². The predicted octanol–water partition coefficient (Wildman–Crippen LogP) is 3.97. The van der Waals surface area contributed by atoms with E-state index in [1.165, 1.54) is 0 Å². The minimum absolute atomic E-state index is 0.160. The van der Waals surface area contributed by atoms with Crippen LogP contribution in [0.3, 0.4) is 0 Å². The maximum absolute atomic E-state index is 11.9. The Labute approximate surface area is 132 Å². The van der Waals surface area contributed by atoms with Crippen LogP contribution in [0.1, 0.15) is 33.6 Å². The Kier molecular flexibility index (Phi) is 8.16. The third-order valence-corrected chi connectivity index (χ3v) is 3.74. The van der Waals surface area contributed by atoms with Crippen molar-refractivity contribution in [2.45, 2.75) is 39.7 Å². The van der Waals surface area contributed by atoms with Crippen molar-refractivity contribution in [1.29, 1.82) is 0 Å². The second-order valence-electron chi connectivity index (χ2n) is 5.18. The van der Waals surface area contributed by atoms with Crippen molar-refractivity contribution >= 4 is 23.3 Å². The molecule has 1 atom stereocenters. The van der Waals surface area contributed by atoms with Crippen LogP contribution in [-0.2, 0) is 0 Å². The zero-order valence-electron chi connectivity index (χ0n) is 13.2. The summed E-state index contributed by atoms with van der Waals surface area (Å²) >= 11 is 5.81. The molecule has 1 rings (SSSR count). The lowest BCUT2D eigenvalue weighted by Crippen LogP contribution is -2.36. The largest absolute Gasteiger partial charge is 0.335 e. The van der Waals surface area contributed by atoms with Crippen molar-refractivity contribution in [2.24, 2.45) is 0 Å². The normalized spacial score (nSPS) is 12.2. The number of carbonyl (C=O) groups is 1. The monoisotopic (exact) mass is 311 g/mol. The number of halogens is 1. The molecule has 21 heavy (non-hydrogen) atoms. The number of rotatable bonds is 8. The minimum Gasteiger partial charge on any atom is -0.335 e. The van der Waals surface area contributed by atoms with Crippen molar-refractivity contribution in [1.82, 2.24) is 10.2 Å². The van der Waals surface area contributed by atoms with Gasteiger partial charge in [0.2, 0.25) is 0 Å². The molecule has 0 fully saturated rings. The molecule has 0 aliphatic carbocycles. The van der Waals surface area contributed by atoms with Crippen LogP contribution in [0.2, 0.25) is 5.02 Å². The number of urea groups is 1. The van der Waals surface area contributed by atoms with E-state index in [0.29, 0.717) is 5.02 Å². The van der Waals surface area contributed by atoms with Gasteiger partial charge in [-0.3, -0.25) is 0 Å². The SMILES string of the molecule is CCN(CC)CCC[C@H](C)NC(=O)Nc1ccc(Cl)cc1. The van der Waals surface area contributed by atoms with Crippen molar-refractivity contribution < 1.29 is 4.79 Å². The summed E-state index contributed by atoms with van der Waals surface area (Å²) in [7, 11) is 0. The fourth-order valence-corrected chi connectivity index (χ4v) is 2.28. The number of carbonyl (C=O) groups excluding carboxylic acids is 1. The molecule has 2 N–H and O–H groups in total. The van der Waals surface area contributed by atoms with Gasteiger partial charge in [-0.05, 0) is 63.7 Å². The highest BCUT2D eigenvalue weighted by atomic mass is 35.5. The predicted molar refractivity (Wildman–Crippen MR) is 90.1 cm³/mol. The number of benzene rings is 1. The molecule has 0 aromatic heterocycles. The van der Waals surface area contributed by atoms with Crippen LogP contribution in [0.4, 0.5) is 10.5 Å². The van der Waals surface area contributed by atoms with Gasteiger partial charge in [-0.25, -0.2) is 4.79 Å². The van der Waals surface area contributed by atoms with E-state index in [0.717, 1.165) is 38.2 Å². The molecule has 0 saturated carbocycles. The molecule has 0 radical (unpaired) electrons. The highest BCUT2D eigenvalue weighted by Crippen LogP contribution is 2.13. The van der Waals surface area contributed by atoms with Crippen molar-refractivity contribution in [3.8, 4) is 0 Å². The van der Waals surface area contributed by atoms with E-state index in [9.17, 15) is 4.79 Å². The first-order chi connectivity index (χ1) is 10.0. The second-order valence-corrected chi connectivity index (χ2v) is 5.61. The lowest BCUT2D eigenvalue weighted by atomic mass is 10.2. The van der Waals surface area contributed by atoms with Crippen LogP contribution in [0, 0.1) is 0 Å². The van der Waals surface area contributed by atoms with Gasteiger partial charge in [-0.2, -0.15) is 0 Å². The second kappa shape index (κ2) is 9.64. The van der Waals surface area contributed by atoms with Crippen LogP contribution in [0.15, 0.2) is 24.3 Å². The summed E-state index contributed by atoms with van der Waals surface area (Å²) in [5, 5.41) is 6.41. The zero-order chi connectivity index (χ0) is 15.7. The topological polar surface area (TPSA) is 44.4 Å². The number of nitrogens with zero attached hydrogens (tertiary/aromatic N) is 1. The number of hydrogen-bond donors (Lipinski definition) is 2. The Bertz CT molecular complexity index is 418. The number of anilines is 1. The first kappa shape index (κ1) is 17.8. The molecule has 2 amide bonds. The molecule has 5 heteroatoms. The van der Waals surface area contributed by atoms with Crippen molar-refractivity contribution in [2.75, 3.05) is 25.0 Å². The quantitative estimate of drug-likeness (QED) is 0.763. The zero-order valence-corrected chi connectivity index (χ0v) is 13.9. The molecule has 1 aromatic carbocycles. The van der Waals surface area contributed by atoms with Gasteiger partial charge in [0.05, 0.1) is 0 Å².